The Labute approximate surface area is 152 Å². The van der Waals surface area contributed by atoms with E-state index in [9.17, 15) is 9.59 Å². The molecule has 0 saturated heterocycles. The number of allylic oxidation sites excluding steroid dienone is 3. The van der Waals surface area contributed by atoms with Gasteiger partial charge in [-0.15, -0.1) is 0 Å². The molecule has 2 aliphatic rings. The van der Waals surface area contributed by atoms with E-state index in [0.717, 1.165) is 24.1 Å². The van der Waals surface area contributed by atoms with Crippen molar-refractivity contribution in [3.63, 3.8) is 0 Å². The first kappa shape index (κ1) is 18.0. The van der Waals surface area contributed by atoms with Crippen LogP contribution in [0.25, 0.3) is 0 Å². The number of Topliss-reactive ketones (excluding diaryl/α,β-unsaturated/α-hetero) is 1. The molecule has 1 atom stereocenters. The van der Waals surface area contributed by atoms with Crippen molar-refractivity contribution in [1.29, 1.82) is 0 Å². The Hall–Kier alpha value is -2.76. The average Bonchev–Trinajstić information content (AvgIpc) is 2.65. The second-order valence-electron chi connectivity index (χ2n) is 6.34. The molecule has 1 unspecified atom stereocenters. The minimum absolute atomic E-state index is 0.0440. The van der Waals surface area contributed by atoms with Gasteiger partial charge < -0.3 is 19.5 Å². The summed E-state index contributed by atoms with van der Waals surface area (Å²) in [4.78, 5) is 25.4. The summed E-state index contributed by atoms with van der Waals surface area (Å²) in [5, 5.41) is 3.25. The maximum Gasteiger partial charge on any atom is 0.336 e. The monoisotopic (exact) mass is 357 g/mol. The van der Waals surface area contributed by atoms with Crippen LogP contribution in [0.15, 0.2) is 40.7 Å². The second kappa shape index (κ2) is 7.23. The maximum atomic E-state index is 12.8. The molecule has 6 nitrogen and oxygen atoms in total. The van der Waals surface area contributed by atoms with Crippen LogP contribution in [0.4, 0.5) is 0 Å². The Balaban J connectivity index is 2.28. The molecule has 26 heavy (non-hydrogen) atoms. The predicted octanol–water partition coefficient (Wildman–Crippen LogP) is 2.84. The van der Waals surface area contributed by atoms with Gasteiger partial charge >= 0.3 is 5.97 Å². The van der Waals surface area contributed by atoms with Gasteiger partial charge in [-0.1, -0.05) is 12.1 Å². The number of carbonyl (C=O) groups excluding carboxylic acids is 2. The molecule has 0 radical (unpaired) electrons. The summed E-state index contributed by atoms with van der Waals surface area (Å²) in [7, 11) is 4.45. The summed E-state index contributed by atoms with van der Waals surface area (Å²) in [5.74, 6) is 0.103. The highest BCUT2D eigenvalue weighted by Crippen LogP contribution is 2.47. The minimum atomic E-state index is -0.545. The summed E-state index contributed by atoms with van der Waals surface area (Å²) in [5.41, 5.74) is 3.33. The number of ether oxygens (including phenoxy) is 3. The summed E-state index contributed by atoms with van der Waals surface area (Å²) >= 11 is 0. The van der Waals surface area contributed by atoms with Gasteiger partial charge in [0.1, 0.15) is 0 Å². The molecular weight excluding hydrogens is 334 g/mol. The largest absolute Gasteiger partial charge is 0.493 e. The topological polar surface area (TPSA) is 73.9 Å². The molecule has 0 fully saturated rings. The molecule has 0 aromatic heterocycles. The number of rotatable bonds is 4. The fourth-order valence-electron chi connectivity index (χ4n) is 3.81. The van der Waals surface area contributed by atoms with Crippen LogP contribution in [0.3, 0.4) is 0 Å². The van der Waals surface area contributed by atoms with Crippen LogP contribution in [0, 0.1) is 0 Å². The number of nitrogens with one attached hydrogen (secondary N) is 1. The van der Waals surface area contributed by atoms with Crippen LogP contribution < -0.4 is 14.8 Å². The van der Waals surface area contributed by atoms with Gasteiger partial charge in [0.05, 0.1) is 32.8 Å². The Morgan fingerprint density at radius 1 is 1.15 bits per heavy atom. The van der Waals surface area contributed by atoms with E-state index in [-0.39, 0.29) is 5.78 Å². The lowest BCUT2D eigenvalue weighted by atomic mass is 9.75. The van der Waals surface area contributed by atoms with Crippen LogP contribution >= 0.6 is 0 Å². The summed E-state index contributed by atoms with van der Waals surface area (Å²) in [6, 6.07) is 5.48. The lowest BCUT2D eigenvalue weighted by Crippen LogP contribution is -2.34. The molecule has 0 amide bonds. The van der Waals surface area contributed by atoms with Crippen molar-refractivity contribution in [3.8, 4) is 11.5 Å². The Kier molecular flexibility index (Phi) is 5.02. The number of carbonyl (C=O) groups is 2. The average molecular weight is 357 g/mol. The van der Waals surface area contributed by atoms with Crippen molar-refractivity contribution < 1.29 is 23.8 Å². The molecule has 0 saturated carbocycles. The van der Waals surface area contributed by atoms with Crippen LogP contribution in [-0.4, -0.2) is 33.1 Å². The third-order valence-electron chi connectivity index (χ3n) is 4.93. The lowest BCUT2D eigenvalue weighted by Gasteiger charge is -2.34. The fraction of sp³-hybridized carbons (Fsp3) is 0.400. The van der Waals surface area contributed by atoms with E-state index < -0.39 is 11.9 Å². The van der Waals surface area contributed by atoms with Crippen molar-refractivity contribution in [1.82, 2.24) is 5.32 Å². The molecule has 6 heteroatoms. The summed E-state index contributed by atoms with van der Waals surface area (Å²) < 4.78 is 16.0. The van der Waals surface area contributed by atoms with Crippen molar-refractivity contribution in [3.05, 3.63) is 46.3 Å². The third-order valence-corrected chi connectivity index (χ3v) is 4.93. The highest BCUT2D eigenvalue weighted by atomic mass is 16.5. The Morgan fingerprint density at radius 3 is 2.58 bits per heavy atom. The number of esters is 1. The SMILES string of the molecule is COC(=O)C1=C(C)NC2=C(C(=O)CCC2)C1c1cccc(OC)c1OC. The van der Waals surface area contributed by atoms with E-state index >= 15 is 0 Å². The normalized spacial score (nSPS) is 19.7. The van der Waals surface area contributed by atoms with Gasteiger partial charge in [0, 0.05) is 29.0 Å². The van der Waals surface area contributed by atoms with E-state index in [0.29, 0.717) is 34.8 Å². The number of ketones is 1. The zero-order valence-corrected chi connectivity index (χ0v) is 15.5. The van der Waals surface area contributed by atoms with E-state index in [1.807, 2.05) is 19.1 Å². The number of dihydropyridines is 1. The smallest absolute Gasteiger partial charge is 0.336 e. The van der Waals surface area contributed by atoms with Crippen molar-refractivity contribution in [2.24, 2.45) is 0 Å². The van der Waals surface area contributed by atoms with Crippen LogP contribution in [0.2, 0.25) is 0 Å². The molecule has 1 aromatic rings. The lowest BCUT2D eigenvalue weighted by molar-refractivity contribution is -0.136. The number of hydrogen-bond donors (Lipinski definition) is 1. The quantitative estimate of drug-likeness (QED) is 0.836. The molecule has 1 heterocycles. The Morgan fingerprint density at radius 2 is 1.92 bits per heavy atom. The van der Waals surface area contributed by atoms with Gasteiger partial charge in [0.2, 0.25) is 0 Å². The third kappa shape index (κ3) is 2.85. The van der Waals surface area contributed by atoms with Crippen molar-refractivity contribution in [2.75, 3.05) is 21.3 Å². The zero-order chi connectivity index (χ0) is 18.8. The maximum absolute atomic E-state index is 12.8. The highest BCUT2D eigenvalue weighted by Gasteiger charge is 2.40. The van der Waals surface area contributed by atoms with E-state index in [1.54, 1.807) is 20.3 Å². The van der Waals surface area contributed by atoms with Crippen LogP contribution in [0.5, 0.6) is 11.5 Å². The fourth-order valence-corrected chi connectivity index (χ4v) is 3.81. The van der Waals surface area contributed by atoms with Gasteiger partial charge in [-0.3, -0.25) is 4.79 Å². The van der Waals surface area contributed by atoms with Crippen LogP contribution in [-0.2, 0) is 14.3 Å². The minimum Gasteiger partial charge on any atom is -0.493 e. The van der Waals surface area contributed by atoms with E-state index in [1.165, 1.54) is 7.11 Å². The van der Waals surface area contributed by atoms with Gasteiger partial charge in [-0.05, 0) is 25.8 Å². The zero-order valence-electron chi connectivity index (χ0n) is 15.5. The number of para-hydroxylation sites is 1. The van der Waals surface area contributed by atoms with E-state index in [2.05, 4.69) is 5.32 Å². The molecule has 0 bridgehead atoms. The van der Waals surface area contributed by atoms with Crippen LogP contribution in [0.1, 0.15) is 37.7 Å². The summed E-state index contributed by atoms with van der Waals surface area (Å²) in [6.07, 6.45) is 2.04. The van der Waals surface area contributed by atoms with Gasteiger partial charge in [0.25, 0.3) is 0 Å². The molecule has 1 aliphatic heterocycles. The van der Waals surface area contributed by atoms with Crippen molar-refractivity contribution in [2.45, 2.75) is 32.1 Å². The molecule has 1 N–H and O–H groups in total. The predicted molar refractivity (Wildman–Crippen MR) is 96.0 cm³/mol. The molecule has 138 valence electrons. The first-order valence-electron chi connectivity index (χ1n) is 8.56. The highest BCUT2D eigenvalue weighted by molar-refractivity contribution is 6.04. The number of hydrogen-bond acceptors (Lipinski definition) is 6. The first-order valence-corrected chi connectivity index (χ1v) is 8.56. The van der Waals surface area contributed by atoms with Crippen molar-refractivity contribution >= 4 is 11.8 Å². The Bertz CT molecular complexity index is 821. The first-order chi connectivity index (χ1) is 12.5. The van der Waals surface area contributed by atoms with Gasteiger partial charge in [-0.2, -0.15) is 0 Å². The molecule has 0 spiro atoms. The molecule has 1 aromatic carbocycles. The summed E-state index contributed by atoms with van der Waals surface area (Å²) in [6.45, 7) is 1.83. The molecule has 3 rings (SSSR count). The standard InChI is InChI=1S/C20H23NO5/c1-11-16(20(23)26-4)17(18-13(21-11)8-6-9-14(18)22)12-7-5-10-15(24-2)19(12)25-3/h5,7,10,17,21H,6,8-9H2,1-4H3. The van der Waals surface area contributed by atoms with E-state index in [4.69, 9.17) is 14.2 Å². The van der Waals surface area contributed by atoms with Gasteiger partial charge in [0.15, 0.2) is 17.3 Å². The second-order valence-corrected chi connectivity index (χ2v) is 6.34. The molecule has 1 aliphatic carbocycles. The number of benzene rings is 1. The molecular formula is C20H23NO5. The van der Waals surface area contributed by atoms with Gasteiger partial charge in [-0.25, -0.2) is 4.79 Å². The number of methoxy groups -OCH3 is 3.